The smallest absolute Gasteiger partial charge is 0.257 e. The molecular formula is C23H18F2N4O2S. The maximum Gasteiger partial charge on any atom is 0.257 e. The lowest BCUT2D eigenvalue weighted by Gasteiger charge is -2.08. The number of aromatic nitrogens is 3. The van der Waals surface area contributed by atoms with Gasteiger partial charge in [-0.25, -0.2) is 13.8 Å². The van der Waals surface area contributed by atoms with Crippen LogP contribution in [0, 0.1) is 25.5 Å². The predicted octanol–water partition coefficient (Wildman–Crippen LogP) is 4.56. The number of halogens is 2. The molecule has 0 saturated carbocycles. The van der Waals surface area contributed by atoms with Crippen molar-refractivity contribution in [2.75, 3.05) is 5.32 Å². The Morgan fingerprint density at radius 1 is 1.06 bits per heavy atom. The summed E-state index contributed by atoms with van der Waals surface area (Å²) in [5.74, 6) is -1.92. The first-order valence-corrected chi connectivity index (χ1v) is 10.5. The van der Waals surface area contributed by atoms with Crippen molar-refractivity contribution in [3.8, 4) is 11.4 Å². The van der Waals surface area contributed by atoms with E-state index in [0.717, 1.165) is 35.2 Å². The van der Waals surface area contributed by atoms with Crippen LogP contribution in [-0.2, 0) is 6.54 Å². The summed E-state index contributed by atoms with van der Waals surface area (Å²) in [6, 6.07) is 9.67. The third-order valence-corrected chi connectivity index (χ3v) is 5.46. The molecule has 0 spiro atoms. The van der Waals surface area contributed by atoms with Crippen LogP contribution in [0.1, 0.15) is 27.2 Å². The van der Waals surface area contributed by atoms with Gasteiger partial charge in [0.05, 0.1) is 12.2 Å². The van der Waals surface area contributed by atoms with Crippen molar-refractivity contribution < 1.29 is 13.6 Å². The molecule has 0 bridgehead atoms. The molecule has 1 amide bonds. The van der Waals surface area contributed by atoms with Crippen LogP contribution in [-0.4, -0.2) is 20.4 Å². The van der Waals surface area contributed by atoms with Gasteiger partial charge < -0.3 is 4.57 Å². The van der Waals surface area contributed by atoms with E-state index in [4.69, 9.17) is 0 Å². The lowest BCUT2D eigenvalue weighted by molar-refractivity contribution is 0.102. The molecule has 3 heterocycles. The summed E-state index contributed by atoms with van der Waals surface area (Å²) >= 11 is 1.25. The van der Waals surface area contributed by atoms with Crippen molar-refractivity contribution in [2.45, 2.75) is 20.4 Å². The number of carbonyl (C=O) groups is 1. The molecule has 0 aliphatic heterocycles. The fraction of sp³-hybridized carbons (Fsp3) is 0.130. The molecule has 4 rings (SSSR count). The number of benzene rings is 1. The number of hydrogen-bond donors (Lipinski definition) is 1. The Balaban J connectivity index is 1.49. The number of nitrogens with zero attached hydrogens (tertiary/aromatic N) is 3. The maximum atomic E-state index is 13.9. The molecule has 0 aliphatic rings. The summed E-state index contributed by atoms with van der Waals surface area (Å²) in [6.07, 6.45) is 1.40. The van der Waals surface area contributed by atoms with Crippen molar-refractivity contribution >= 4 is 22.4 Å². The molecule has 0 aliphatic carbocycles. The summed E-state index contributed by atoms with van der Waals surface area (Å²) in [5, 5.41) is 4.86. The van der Waals surface area contributed by atoms with E-state index in [2.05, 4.69) is 15.3 Å². The highest BCUT2D eigenvalue weighted by molar-refractivity contribution is 7.14. The van der Waals surface area contributed by atoms with Gasteiger partial charge in [-0.3, -0.25) is 19.9 Å². The summed E-state index contributed by atoms with van der Waals surface area (Å²) in [5.41, 5.74) is 3.13. The zero-order valence-corrected chi connectivity index (χ0v) is 18.0. The molecule has 0 fully saturated rings. The molecule has 3 aromatic heterocycles. The van der Waals surface area contributed by atoms with Gasteiger partial charge >= 0.3 is 0 Å². The number of anilines is 1. The molecule has 0 atom stereocenters. The number of amides is 1. The van der Waals surface area contributed by atoms with Crippen molar-refractivity contribution in [3.05, 3.63) is 98.4 Å². The van der Waals surface area contributed by atoms with Crippen LogP contribution in [0.2, 0.25) is 0 Å². The minimum absolute atomic E-state index is 0.0778. The summed E-state index contributed by atoms with van der Waals surface area (Å²) in [4.78, 5) is 33.8. The average Bonchev–Trinajstić information content (AvgIpc) is 3.19. The Morgan fingerprint density at radius 2 is 1.88 bits per heavy atom. The van der Waals surface area contributed by atoms with Crippen LogP contribution in [0.5, 0.6) is 0 Å². The first-order valence-electron chi connectivity index (χ1n) is 9.65. The van der Waals surface area contributed by atoms with Gasteiger partial charge in [0.2, 0.25) is 0 Å². The Hall–Kier alpha value is -3.72. The van der Waals surface area contributed by atoms with Crippen LogP contribution in [0.25, 0.3) is 11.4 Å². The number of thiazole rings is 1. The minimum atomic E-state index is -0.739. The second kappa shape index (κ2) is 8.80. The Bertz CT molecular complexity index is 1360. The first-order chi connectivity index (χ1) is 15.3. The number of carbonyl (C=O) groups excluding carboxylic acids is 1. The van der Waals surface area contributed by atoms with E-state index in [1.807, 2.05) is 26.0 Å². The topological polar surface area (TPSA) is 76.9 Å². The largest absolute Gasteiger partial charge is 0.311 e. The summed E-state index contributed by atoms with van der Waals surface area (Å²) in [7, 11) is 0. The van der Waals surface area contributed by atoms with Gasteiger partial charge in [0.15, 0.2) is 5.13 Å². The standard InChI is InChI=1S/C23H18F2N4O2S/c1-13-7-14(2)26-19(8-13)20-12-32-23(27-20)28-22(31)15-5-6-29(21(30)9-15)11-16-3-4-17(24)10-18(16)25/h3-10,12H,11H2,1-2H3,(H,27,28,31). The van der Waals surface area contributed by atoms with E-state index in [1.54, 1.807) is 5.38 Å². The number of rotatable bonds is 5. The van der Waals surface area contributed by atoms with Crippen molar-refractivity contribution in [1.29, 1.82) is 0 Å². The van der Waals surface area contributed by atoms with Gasteiger partial charge in [-0.05, 0) is 43.7 Å². The minimum Gasteiger partial charge on any atom is -0.311 e. The average molecular weight is 452 g/mol. The molecule has 0 unspecified atom stereocenters. The van der Waals surface area contributed by atoms with Crippen LogP contribution in [0.4, 0.5) is 13.9 Å². The second-order valence-electron chi connectivity index (χ2n) is 7.28. The Labute approximate surface area is 186 Å². The fourth-order valence-corrected chi connectivity index (χ4v) is 3.90. The highest BCUT2D eigenvalue weighted by atomic mass is 32.1. The number of hydrogen-bond acceptors (Lipinski definition) is 5. The van der Waals surface area contributed by atoms with Gasteiger partial charge in [-0.15, -0.1) is 11.3 Å². The zero-order chi connectivity index (χ0) is 22.8. The number of pyridine rings is 2. The molecule has 1 N–H and O–H groups in total. The monoisotopic (exact) mass is 452 g/mol. The van der Waals surface area contributed by atoms with E-state index in [-0.39, 0.29) is 17.7 Å². The van der Waals surface area contributed by atoms with Crippen LogP contribution < -0.4 is 10.9 Å². The second-order valence-corrected chi connectivity index (χ2v) is 8.14. The lowest BCUT2D eigenvalue weighted by atomic mass is 10.2. The van der Waals surface area contributed by atoms with E-state index >= 15 is 0 Å². The van der Waals surface area contributed by atoms with Crippen molar-refractivity contribution in [3.63, 3.8) is 0 Å². The zero-order valence-electron chi connectivity index (χ0n) is 17.2. The molecule has 6 nitrogen and oxygen atoms in total. The molecule has 0 saturated heterocycles. The SMILES string of the molecule is Cc1cc(C)nc(-c2csc(NC(=O)c3ccn(Cc4ccc(F)cc4F)c(=O)c3)n2)c1. The van der Waals surface area contributed by atoms with Crippen molar-refractivity contribution in [1.82, 2.24) is 14.5 Å². The Kier molecular flexibility index (Phi) is 5.91. The highest BCUT2D eigenvalue weighted by Crippen LogP contribution is 2.25. The summed E-state index contributed by atoms with van der Waals surface area (Å²) in [6.45, 7) is 3.80. The predicted molar refractivity (Wildman–Crippen MR) is 119 cm³/mol. The normalized spacial score (nSPS) is 10.9. The molecule has 9 heteroatoms. The number of nitrogens with one attached hydrogen (secondary N) is 1. The van der Waals surface area contributed by atoms with E-state index in [0.29, 0.717) is 10.8 Å². The number of aryl methyl sites for hydroxylation is 2. The van der Waals surface area contributed by atoms with E-state index in [1.165, 1.54) is 34.2 Å². The van der Waals surface area contributed by atoms with Crippen LogP contribution in [0.3, 0.4) is 0 Å². The van der Waals surface area contributed by atoms with Crippen molar-refractivity contribution in [2.24, 2.45) is 0 Å². The maximum absolute atomic E-state index is 13.9. The fourth-order valence-electron chi connectivity index (χ4n) is 3.20. The molecule has 32 heavy (non-hydrogen) atoms. The summed E-state index contributed by atoms with van der Waals surface area (Å²) < 4.78 is 28.2. The highest BCUT2D eigenvalue weighted by Gasteiger charge is 2.13. The lowest BCUT2D eigenvalue weighted by Crippen LogP contribution is -2.23. The molecule has 4 aromatic rings. The third-order valence-electron chi connectivity index (χ3n) is 4.70. The molecule has 1 aromatic carbocycles. The first kappa shape index (κ1) is 21.5. The third kappa shape index (κ3) is 4.78. The Morgan fingerprint density at radius 3 is 2.59 bits per heavy atom. The van der Waals surface area contributed by atoms with Gasteiger partial charge in [-0.2, -0.15) is 0 Å². The molecular weight excluding hydrogens is 434 g/mol. The van der Waals surface area contributed by atoms with Gasteiger partial charge in [0.25, 0.3) is 11.5 Å². The quantitative estimate of drug-likeness (QED) is 0.482. The van der Waals surface area contributed by atoms with Crippen LogP contribution >= 0.6 is 11.3 Å². The van der Waals surface area contributed by atoms with E-state index < -0.39 is 23.1 Å². The van der Waals surface area contributed by atoms with Gasteiger partial charge in [0, 0.05) is 40.5 Å². The molecule has 162 valence electrons. The van der Waals surface area contributed by atoms with Crippen LogP contribution in [0.15, 0.2) is 58.8 Å². The van der Waals surface area contributed by atoms with Gasteiger partial charge in [-0.1, -0.05) is 6.07 Å². The molecule has 0 radical (unpaired) electrons. The van der Waals surface area contributed by atoms with E-state index in [9.17, 15) is 18.4 Å². The van der Waals surface area contributed by atoms with Gasteiger partial charge in [0.1, 0.15) is 17.3 Å².